The van der Waals surface area contributed by atoms with Crippen LogP contribution in [-0.4, -0.2) is 44.5 Å². The molecule has 2 aromatic heterocycles. The number of likely N-dealkylation sites (N-methyl/N-ethyl adjacent to an activating group) is 1. The Labute approximate surface area is 161 Å². The van der Waals surface area contributed by atoms with Gasteiger partial charge in [-0.25, -0.2) is 9.97 Å². The first kappa shape index (κ1) is 17.5. The van der Waals surface area contributed by atoms with Crippen LogP contribution in [0.5, 0.6) is 0 Å². The van der Waals surface area contributed by atoms with Crippen molar-refractivity contribution in [3.63, 3.8) is 0 Å². The lowest BCUT2D eigenvalue weighted by Crippen LogP contribution is -2.27. The van der Waals surface area contributed by atoms with Crippen molar-refractivity contribution in [2.75, 3.05) is 14.1 Å². The third-order valence-corrected chi connectivity index (χ3v) is 5.43. The fraction of sp³-hybridized carbons (Fsp3) is 0.200. The van der Waals surface area contributed by atoms with Crippen LogP contribution < -0.4 is 0 Å². The second-order valence-electron chi connectivity index (χ2n) is 6.45. The molecule has 1 amide bonds. The van der Waals surface area contributed by atoms with Gasteiger partial charge in [-0.3, -0.25) is 4.79 Å². The maximum atomic E-state index is 12.9. The standard InChI is InChI=1S/C20H19N5OS/c1-13-21-18-15-11-7-8-12-16(15)22-20(25(18)23-13)27-17(19(26)24(2)3)14-9-5-4-6-10-14/h4-12,17H,1-3H3/t17-/m1/s1. The number of hydrogen-bond donors (Lipinski definition) is 0. The van der Waals surface area contributed by atoms with Crippen LogP contribution in [0.1, 0.15) is 16.6 Å². The Morgan fingerprint density at radius 2 is 1.74 bits per heavy atom. The molecule has 0 N–H and O–H groups in total. The highest BCUT2D eigenvalue weighted by Gasteiger charge is 2.26. The minimum Gasteiger partial charge on any atom is -0.348 e. The van der Waals surface area contributed by atoms with Crippen LogP contribution in [0.2, 0.25) is 0 Å². The quantitative estimate of drug-likeness (QED) is 0.402. The highest BCUT2D eigenvalue weighted by atomic mass is 32.2. The van der Waals surface area contributed by atoms with Crippen LogP contribution in [0.25, 0.3) is 16.6 Å². The van der Waals surface area contributed by atoms with Crippen molar-refractivity contribution in [1.82, 2.24) is 24.5 Å². The first-order chi connectivity index (χ1) is 13.0. The van der Waals surface area contributed by atoms with E-state index in [-0.39, 0.29) is 5.91 Å². The second-order valence-corrected chi connectivity index (χ2v) is 7.52. The maximum Gasteiger partial charge on any atom is 0.240 e. The van der Waals surface area contributed by atoms with Gasteiger partial charge in [-0.2, -0.15) is 4.52 Å². The molecular weight excluding hydrogens is 358 g/mol. The van der Waals surface area contributed by atoms with E-state index in [4.69, 9.17) is 4.98 Å². The van der Waals surface area contributed by atoms with Crippen LogP contribution in [0.3, 0.4) is 0 Å². The van der Waals surface area contributed by atoms with Crippen molar-refractivity contribution >= 4 is 34.2 Å². The van der Waals surface area contributed by atoms with E-state index < -0.39 is 5.25 Å². The van der Waals surface area contributed by atoms with Gasteiger partial charge in [0.05, 0.1) is 5.52 Å². The molecule has 0 spiro atoms. The topological polar surface area (TPSA) is 63.4 Å². The Balaban J connectivity index is 1.87. The van der Waals surface area contributed by atoms with Crippen LogP contribution in [0.15, 0.2) is 59.8 Å². The highest BCUT2D eigenvalue weighted by molar-refractivity contribution is 8.00. The molecule has 1 atom stereocenters. The van der Waals surface area contributed by atoms with Crippen molar-refractivity contribution in [3.8, 4) is 0 Å². The third kappa shape index (κ3) is 3.26. The van der Waals surface area contributed by atoms with Crippen molar-refractivity contribution in [2.24, 2.45) is 0 Å². The second kappa shape index (κ2) is 7.00. The van der Waals surface area contributed by atoms with Gasteiger partial charge in [0.15, 0.2) is 10.8 Å². The molecule has 0 unspecified atom stereocenters. The van der Waals surface area contributed by atoms with E-state index in [2.05, 4.69) is 10.1 Å². The Morgan fingerprint density at radius 3 is 2.48 bits per heavy atom. The van der Waals surface area contributed by atoms with Gasteiger partial charge in [-0.1, -0.05) is 54.2 Å². The average Bonchev–Trinajstić information content (AvgIpc) is 3.08. The molecule has 6 nitrogen and oxygen atoms in total. The van der Waals surface area contributed by atoms with E-state index in [0.29, 0.717) is 11.0 Å². The molecule has 0 radical (unpaired) electrons. The number of fused-ring (bicyclic) bond motifs is 3. The fourth-order valence-electron chi connectivity index (χ4n) is 2.94. The minimum absolute atomic E-state index is 0.00569. The zero-order valence-corrected chi connectivity index (χ0v) is 16.1. The number of para-hydroxylation sites is 1. The van der Waals surface area contributed by atoms with Gasteiger partial charge >= 0.3 is 0 Å². The zero-order valence-electron chi connectivity index (χ0n) is 15.3. The molecule has 0 aliphatic rings. The molecule has 2 aromatic carbocycles. The lowest BCUT2D eigenvalue weighted by Gasteiger charge is -2.20. The van der Waals surface area contributed by atoms with Crippen LogP contribution in [-0.2, 0) is 4.79 Å². The Kier molecular flexibility index (Phi) is 4.53. The Morgan fingerprint density at radius 1 is 1.04 bits per heavy atom. The number of rotatable bonds is 4. The van der Waals surface area contributed by atoms with Gasteiger partial charge in [0, 0.05) is 19.5 Å². The predicted molar refractivity (Wildman–Crippen MR) is 107 cm³/mol. The first-order valence-corrected chi connectivity index (χ1v) is 9.47. The molecular formula is C20H19N5OS. The summed E-state index contributed by atoms with van der Waals surface area (Å²) in [6.45, 7) is 1.86. The van der Waals surface area contributed by atoms with Gasteiger partial charge in [-0.05, 0) is 24.6 Å². The maximum absolute atomic E-state index is 12.9. The van der Waals surface area contributed by atoms with Gasteiger partial charge in [-0.15, -0.1) is 5.10 Å². The number of thioether (sulfide) groups is 1. The van der Waals surface area contributed by atoms with Gasteiger partial charge in [0.25, 0.3) is 0 Å². The monoisotopic (exact) mass is 377 g/mol. The molecule has 0 aliphatic carbocycles. The number of carbonyl (C=O) groups is 1. The summed E-state index contributed by atoms with van der Waals surface area (Å²) in [7, 11) is 3.53. The van der Waals surface area contributed by atoms with E-state index in [9.17, 15) is 4.79 Å². The van der Waals surface area contributed by atoms with Crippen LogP contribution >= 0.6 is 11.8 Å². The molecule has 0 saturated heterocycles. The van der Waals surface area contributed by atoms with E-state index in [1.807, 2.05) is 61.5 Å². The highest BCUT2D eigenvalue weighted by Crippen LogP contribution is 2.36. The molecule has 4 aromatic rings. The van der Waals surface area contributed by atoms with Crippen molar-refractivity contribution in [2.45, 2.75) is 17.3 Å². The van der Waals surface area contributed by atoms with Gasteiger partial charge in [0.2, 0.25) is 5.91 Å². The van der Waals surface area contributed by atoms with E-state index >= 15 is 0 Å². The summed E-state index contributed by atoms with van der Waals surface area (Å²) in [5.41, 5.74) is 2.52. The van der Waals surface area contributed by atoms with Crippen molar-refractivity contribution in [1.29, 1.82) is 0 Å². The first-order valence-electron chi connectivity index (χ1n) is 8.59. The molecule has 136 valence electrons. The van der Waals surface area contributed by atoms with Gasteiger partial charge < -0.3 is 4.90 Å². The Hall–Kier alpha value is -2.93. The number of aromatic nitrogens is 4. The predicted octanol–water partition coefficient (Wildman–Crippen LogP) is 3.51. The third-order valence-electron chi connectivity index (χ3n) is 4.25. The van der Waals surface area contributed by atoms with E-state index in [1.165, 1.54) is 11.8 Å². The number of amides is 1. The summed E-state index contributed by atoms with van der Waals surface area (Å²) in [5.74, 6) is 0.677. The average molecular weight is 377 g/mol. The smallest absolute Gasteiger partial charge is 0.240 e. The number of aryl methyl sites for hydroxylation is 1. The molecule has 27 heavy (non-hydrogen) atoms. The summed E-state index contributed by atoms with van der Waals surface area (Å²) in [5, 5.41) is 5.69. The summed E-state index contributed by atoms with van der Waals surface area (Å²) in [6, 6.07) is 17.6. The molecule has 0 saturated carbocycles. The Bertz CT molecular complexity index is 1120. The van der Waals surface area contributed by atoms with E-state index in [1.54, 1.807) is 23.5 Å². The van der Waals surface area contributed by atoms with Crippen molar-refractivity contribution < 1.29 is 4.79 Å². The zero-order chi connectivity index (χ0) is 19.0. The SMILES string of the molecule is Cc1nc2c3ccccc3nc(S[C@@H](C(=O)N(C)C)c3ccccc3)n2n1. The molecule has 4 rings (SSSR count). The number of nitrogens with zero attached hydrogens (tertiary/aromatic N) is 5. The lowest BCUT2D eigenvalue weighted by atomic mass is 10.1. The molecule has 0 aliphatic heterocycles. The van der Waals surface area contributed by atoms with Crippen LogP contribution in [0.4, 0.5) is 0 Å². The number of carbonyl (C=O) groups excluding carboxylic acids is 1. The summed E-state index contributed by atoms with van der Waals surface area (Å²) < 4.78 is 1.74. The number of benzene rings is 2. The molecule has 0 fully saturated rings. The van der Waals surface area contributed by atoms with Crippen LogP contribution in [0, 0.1) is 6.92 Å². The van der Waals surface area contributed by atoms with E-state index in [0.717, 1.165) is 22.1 Å². The summed E-state index contributed by atoms with van der Waals surface area (Å²) in [4.78, 5) is 23.8. The normalized spacial score (nSPS) is 12.4. The minimum atomic E-state index is -0.414. The molecule has 7 heteroatoms. The summed E-state index contributed by atoms with van der Waals surface area (Å²) >= 11 is 1.39. The molecule has 2 heterocycles. The number of hydrogen-bond acceptors (Lipinski definition) is 5. The fourth-order valence-corrected chi connectivity index (χ4v) is 4.13. The molecule has 0 bridgehead atoms. The van der Waals surface area contributed by atoms with Crippen molar-refractivity contribution in [3.05, 3.63) is 66.0 Å². The van der Waals surface area contributed by atoms with Gasteiger partial charge in [0.1, 0.15) is 11.1 Å². The summed E-state index contributed by atoms with van der Waals surface area (Å²) in [6.07, 6.45) is 0. The largest absolute Gasteiger partial charge is 0.348 e. The lowest BCUT2D eigenvalue weighted by molar-refractivity contribution is -0.128.